The van der Waals surface area contributed by atoms with Crippen LogP contribution in [0.25, 0.3) is 0 Å². The van der Waals surface area contributed by atoms with Gasteiger partial charge >= 0.3 is 5.97 Å². The molecule has 1 aliphatic heterocycles. The number of carboxylic acids is 1. The molecule has 10 nitrogen and oxygen atoms in total. The normalized spacial score (nSPS) is 51.9. The number of aliphatic hydroxyl groups is 5. The van der Waals surface area contributed by atoms with E-state index < -0.39 is 53.6 Å². The number of fused-ring (bicyclic) bond motifs is 5. The van der Waals surface area contributed by atoms with Crippen molar-refractivity contribution >= 4 is 5.97 Å². The van der Waals surface area contributed by atoms with Gasteiger partial charge in [-0.15, -0.1) is 0 Å². The van der Waals surface area contributed by atoms with Gasteiger partial charge in [0.2, 0.25) is 0 Å². The molecule has 10 heteroatoms. The predicted molar refractivity (Wildman–Crippen MR) is 209 cm³/mol. The van der Waals surface area contributed by atoms with Gasteiger partial charge in [0.1, 0.15) is 18.3 Å². The molecule has 8 rings (SSSR count). The Balaban J connectivity index is 1.25. The molecule has 1 aromatic carbocycles. The van der Waals surface area contributed by atoms with Crippen molar-refractivity contribution < 1.29 is 49.6 Å². The third-order valence-electron chi connectivity index (χ3n) is 17.9. The van der Waals surface area contributed by atoms with Crippen molar-refractivity contribution in [2.75, 3.05) is 19.8 Å². The quantitative estimate of drug-likeness (QED) is 0.139. The van der Waals surface area contributed by atoms with Gasteiger partial charge in [0.25, 0.3) is 0 Å². The summed E-state index contributed by atoms with van der Waals surface area (Å²) in [6.07, 6.45) is 5.51. The van der Waals surface area contributed by atoms with Crippen LogP contribution >= 0.6 is 0 Å². The first-order chi connectivity index (χ1) is 26.5. The number of allylic oxidation sites excluding steroid dienone is 3. The minimum Gasteiger partial charge on any atom is -0.481 e. The van der Waals surface area contributed by atoms with Crippen molar-refractivity contribution in [3.05, 3.63) is 59.7 Å². The van der Waals surface area contributed by atoms with Gasteiger partial charge in [0.15, 0.2) is 6.29 Å². The summed E-state index contributed by atoms with van der Waals surface area (Å²) in [5, 5.41) is 65.4. The summed E-state index contributed by atoms with van der Waals surface area (Å²) < 4.78 is 19.7. The molecule has 0 spiro atoms. The Hall–Kier alpha value is -2.15. The number of aliphatic carboxylic acids is 1. The van der Waals surface area contributed by atoms with Crippen molar-refractivity contribution in [2.45, 2.75) is 130 Å². The van der Waals surface area contributed by atoms with Crippen LogP contribution < -0.4 is 0 Å². The molecule has 6 N–H and O–H groups in total. The number of ether oxygens (including phenoxy) is 3. The van der Waals surface area contributed by atoms with Crippen LogP contribution in [0, 0.1) is 68.0 Å². The Labute approximate surface area is 332 Å². The van der Waals surface area contributed by atoms with E-state index >= 15 is 0 Å². The third kappa shape index (κ3) is 5.45. The maximum Gasteiger partial charge on any atom is 0.310 e. The first kappa shape index (κ1) is 40.6. The minimum atomic E-state index is -1.49. The molecule has 7 aliphatic rings. The second-order valence-electron chi connectivity index (χ2n) is 20.4. The highest BCUT2D eigenvalue weighted by molar-refractivity contribution is 5.77. The monoisotopic (exact) mass is 778 g/mol. The summed E-state index contributed by atoms with van der Waals surface area (Å²) in [6.45, 7) is 13.7. The standard InChI is InChI=1S/C46H66O10/c1-7-28-20-46(40(52)53)18-17-41(2,24-47)21-31(46)29-15-16-33-43(4,45(28,29)6)19-27-13-14-30-36(54-22-26-11-9-8-10-12-26)38(42(3,25-48)37(27)44(30,33)5)56-39-35(51)34(50)32(49)23-55-39/h8-15,27-28,30-39,47-51H,7,16-25H2,1-6H3,(H,52,53)/t27-,28-,30-,31-,32+,33-,34-,35+,36+,37+,38+,39-,41-,42-,43+,44+,45+,46-/m0/s1. The lowest BCUT2D eigenvalue weighted by Crippen LogP contribution is -2.75. The zero-order chi connectivity index (χ0) is 40.2. The van der Waals surface area contributed by atoms with E-state index in [0.29, 0.717) is 32.3 Å². The molecule has 0 radical (unpaired) electrons. The Bertz CT molecular complexity index is 1720. The Morgan fingerprint density at radius 1 is 0.929 bits per heavy atom. The van der Waals surface area contributed by atoms with E-state index in [4.69, 9.17) is 14.2 Å². The summed E-state index contributed by atoms with van der Waals surface area (Å²) in [7, 11) is 0. The maximum atomic E-state index is 13.5. The number of hydrogen-bond donors (Lipinski definition) is 6. The highest BCUT2D eigenvalue weighted by Gasteiger charge is 2.76. The fourth-order valence-electron chi connectivity index (χ4n) is 14.9. The van der Waals surface area contributed by atoms with E-state index in [9.17, 15) is 35.4 Å². The van der Waals surface area contributed by atoms with E-state index in [1.807, 2.05) is 30.3 Å². The number of aliphatic hydroxyl groups excluding tert-OH is 5. The molecule has 4 saturated carbocycles. The van der Waals surface area contributed by atoms with E-state index in [2.05, 4.69) is 59.8 Å². The van der Waals surface area contributed by atoms with Gasteiger partial charge in [-0.2, -0.15) is 0 Å². The number of carbonyl (C=O) groups is 1. The van der Waals surface area contributed by atoms with Gasteiger partial charge in [-0.1, -0.05) is 102 Å². The van der Waals surface area contributed by atoms with Crippen LogP contribution in [0.4, 0.5) is 0 Å². The Morgan fingerprint density at radius 2 is 1.66 bits per heavy atom. The molecule has 1 heterocycles. The van der Waals surface area contributed by atoms with Gasteiger partial charge in [-0.25, -0.2) is 0 Å². The second-order valence-corrected chi connectivity index (χ2v) is 20.4. The van der Waals surface area contributed by atoms with Gasteiger partial charge in [-0.3, -0.25) is 4.79 Å². The van der Waals surface area contributed by atoms with Crippen LogP contribution in [-0.2, 0) is 25.6 Å². The van der Waals surface area contributed by atoms with E-state index in [1.165, 1.54) is 5.57 Å². The fourth-order valence-corrected chi connectivity index (χ4v) is 14.9. The number of carboxylic acid groups (broad SMARTS) is 1. The van der Waals surface area contributed by atoms with Crippen LogP contribution in [0.2, 0.25) is 0 Å². The molecular formula is C46H66O10. The Kier molecular flexibility index (Phi) is 10.1. The lowest BCUT2D eigenvalue weighted by atomic mass is 9.28. The van der Waals surface area contributed by atoms with E-state index in [0.717, 1.165) is 24.8 Å². The van der Waals surface area contributed by atoms with Crippen molar-refractivity contribution in [1.82, 2.24) is 0 Å². The van der Waals surface area contributed by atoms with E-state index in [1.54, 1.807) is 0 Å². The molecule has 6 aliphatic carbocycles. The predicted octanol–water partition coefficient (Wildman–Crippen LogP) is 5.50. The van der Waals surface area contributed by atoms with Crippen molar-refractivity contribution in [2.24, 2.45) is 68.0 Å². The number of hydrogen-bond acceptors (Lipinski definition) is 9. The molecular weight excluding hydrogens is 712 g/mol. The summed E-state index contributed by atoms with van der Waals surface area (Å²) in [4.78, 5) is 13.5. The molecule has 0 aromatic heterocycles. The molecule has 18 atom stereocenters. The molecule has 56 heavy (non-hydrogen) atoms. The van der Waals surface area contributed by atoms with E-state index in [-0.39, 0.29) is 77.0 Å². The minimum absolute atomic E-state index is 0.0430. The molecule has 1 aromatic rings. The van der Waals surface area contributed by atoms with Gasteiger partial charge in [0, 0.05) is 17.9 Å². The summed E-state index contributed by atoms with van der Waals surface area (Å²) in [5.74, 6) is -0.672. The fraction of sp³-hybridized carbons (Fsp3) is 0.761. The summed E-state index contributed by atoms with van der Waals surface area (Å²) in [6, 6.07) is 9.98. The average molecular weight is 779 g/mol. The van der Waals surface area contributed by atoms with Crippen molar-refractivity contribution in [1.29, 1.82) is 0 Å². The molecule has 0 unspecified atom stereocenters. The molecule has 0 amide bonds. The van der Waals surface area contributed by atoms with Gasteiger partial charge < -0.3 is 44.8 Å². The summed E-state index contributed by atoms with van der Waals surface area (Å²) >= 11 is 0. The highest BCUT2D eigenvalue weighted by atomic mass is 16.7. The van der Waals surface area contributed by atoms with Gasteiger partial charge in [-0.05, 0) is 95.3 Å². The van der Waals surface area contributed by atoms with Crippen LogP contribution in [0.5, 0.6) is 0 Å². The zero-order valence-corrected chi connectivity index (χ0v) is 34.1. The van der Waals surface area contributed by atoms with Crippen LogP contribution in [0.1, 0.15) is 92.1 Å². The number of rotatable bonds is 9. The molecule has 5 fully saturated rings. The summed E-state index contributed by atoms with van der Waals surface area (Å²) in [5.41, 5.74) is -0.666. The lowest BCUT2D eigenvalue weighted by Gasteiger charge is -2.76. The first-order valence-electron chi connectivity index (χ1n) is 21.3. The van der Waals surface area contributed by atoms with Crippen molar-refractivity contribution in [3.63, 3.8) is 0 Å². The molecule has 310 valence electrons. The lowest BCUT2D eigenvalue weighted by molar-refractivity contribution is -0.347. The van der Waals surface area contributed by atoms with Gasteiger partial charge in [0.05, 0.1) is 37.4 Å². The topological polar surface area (TPSA) is 166 Å². The highest BCUT2D eigenvalue weighted by Crippen LogP contribution is 2.80. The zero-order valence-electron chi connectivity index (χ0n) is 34.1. The SMILES string of the molecule is CC[C@H]1C[C@@]2(C(=O)O)CC[C@](C)(CO)C[C@H]2C2=CC[C@@H]3[C@]4(C)[C@@H]5[C@@H](C=C[C@H]4[C@@H](OCc4ccccc4)[C@@H](O[C@@H]4OC[C@@H](O)[C@H](O)[C@H]4O)[C@@]5(C)CO)C[C@@]3(C)[C@@]21C. The smallest absolute Gasteiger partial charge is 0.310 e. The second kappa shape index (κ2) is 14.0. The largest absolute Gasteiger partial charge is 0.481 e. The average Bonchev–Trinajstić information content (AvgIpc) is 3.17. The van der Waals surface area contributed by atoms with Crippen LogP contribution in [-0.4, -0.2) is 93.2 Å². The number of benzene rings is 1. The maximum absolute atomic E-state index is 13.5. The third-order valence-corrected chi connectivity index (χ3v) is 17.9. The molecule has 1 saturated heterocycles. The molecule has 4 bridgehead atoms. The van der Waals surface area contributed by atoms with Crippen LogP contribution in [0.15, 0.2) is 54.1 Å². The van der Waals surface area contributed by atoms with Crippen molar-refractivity contribution in [3.8, 4) is 0 Å². The first-order valence-corrected chi connectivity index (χ1v) is 21.3. The Morgan fingerprint density at radius 3 is 2.32 bits per heavy atom. The van der Waals surface area contributed by atoms with Crippen LogP contribution in [0.3, 0.4) is 0 Å².